The zero-order chi connectivity index (χ0) is 15.6. The van der Waals surface area contributed by atoms with E-state index in [4.69, 9.17) is 5.53 Å². The Morgan fingerprint density at radius 1 is 1.32 bits per heavy atom. The first kappa shape index (κ1) is 15.5. The van der Waals surface area contributed by atoms with Crippen LogP contribution in [0.3, 0.4) is 0 Å². The Labute approximate surface area is 127 Å². The van der Waals surface area contributed by atoms with E-state index in [1.165, 1.54) is 0 Å². The van der Waals surface area contributed by atoms with Crippen LogP contribution in [0, 0.1) is 0 Å². The van der Waals surface area contributed by atoms with E-state index in [1.54, 1.807) is 6.20 Å². The van der Waals surface area contributed by atoms with E-state index < -0.39 is 0 Å². The number of carbonyl (C=O) groups is 1. The third-order valence-corrected chi connectivity index (χ3v) is 3.12. The number of anilines is 1. The first-order valence-corrected chi connectivity index (χ1v) is 7.08. The van der Waals surface area contributed by atoms with Crippen LogP contribution in [0.4, 0.5) is 5.69 Å². The third kappa shape index (κ3) is 4.60. The molecule has 2 rings (SSSR count). The molecule has 1 aromatic carbocycles. The van der Waals surface area contributed by atoms with E-state index >= 15 is 0 Å². The molecule has 8 heteroatoms. The van der Waals surface area contributed by atoms with Crippen LogP contribution in [0.1, 0.15) is 25.7 Å². The zero-order valence-corrected chi connectivity index (χ0v) is 12.1. The number of azide groups is 1. The molecule has 0 bridgehead atoms. The minimum atomic E-state index is -0.0419. The number of carbonyl (C=O) groups excluding carboxylic acids is 1. The van der Waals surface area contributed by atoms with E-state index in [2.05, 4.69) is 30.8 Å². The molecule has 8 nitrogen and oxygen atoms in total. The predicted octanol–water partition coefficient (Wildman–Crippen LogP) is 3.28. The van der Waals surface area contributed by atoms with E-state index in [0.717, 1.165) is 30.5 Å². The van der Waals surface area contributed by atoms with Crippen LogP contribution in [-0.2, 0) is 4.79 Å². The predicted molar refractivity (Wildman–Crippen MR) is 82.9 cm³/mol. The quantitative estimate of drug-likeness (QED) is 0.337. The fourth-order valence-corrected chi connectivity index (χ4v) is 2.05. The lowest BCUT2D eigenvalue weighted by atomic mass is 10.1. The molecule has 0 aliphatic rings. The van der Waals surface area contributed by atoms with Gasteiger partial charge in [0.25, 0.3) is 0 Å². The number of aromatic nitrogens is 3. The smallest absolute Gasteiger partial charge is 0.224 e. The summed E-state index contributed by atoms with van der Waals surface area (Å²) in [4.78, 5) is 14.7. The number of para-hydroxylation sites is 1. The standard InChI is InChI=1S/C14H17N7O/c15-20-16-9-5-1-2-8-14(22)18-12-7-4-3-6-11(12)13-10-17-21-19-13/h3-4,6-7,10H,1-2,5,8-9H2,(H,18,22)(H,17,19,21). The minimum absolute atomic E-state index is 0.0419. The summed E-state index contributed by atoms with van der Waals surface area (Å²) in [7, 11) is 0. The van der Waals surface area contributed by atoms with Gasteiger partial charge in [0.1, 0.15) is 5.69 Å². The maximum Gasteiger partial charge on any atom is 0.224 e. The van der Waals surface area contributed by atoms with E-state index in [9.17, 15) is 4.79 Å². The van der Waals surface area contributed by atoms with Gasteiger partial charge in [0.2, 0.25) is 5.91 Å². The van der Waals surface area contributed by atoms with Crippen molar-refractivity contribution >= 4 is 11.6 Å². The van der Waals surface area contributed by atoms with Crippen molar-refractivity contribution in [3.63, 3.8) is 0 Å². The average Bonchev–Trinajstić information content (AvgIpc) is 3.05. The van der Waals surface area contributed by atoms with Gasteiger partial charge in [0.15, 0.2) is 0 Å². The molecule has 0 fully saturated rings. The fraction of sp³-hybridized carbons (Fsp3) is 0.357. The van der Waals surface area contributed by atoms with Gasteiger partial charge in [-0.1, -0.05) is 34.9 Å². The molecule has 0 radical (unpaired) electrons. The first-order chi connectivity index (χ1) is 10.8. The summed E-state index contributed by atoms with van der Waals surface area (Å²) < 4.78 is 0. The molecule has 2 N–H and O–H groups in total. The highest BCUT2D eigenvalue weighted by Gasteiger charge is 2.09. The molecule has 0 aliphatic heterocycles. The molecule has 0 saturated carbocycles. The van der Waals surface area contributed by atoms with Crippen LogP contribution in [-0.4, -0.2) is 27.9 Å². The summed E-state index contributed by atoms with van der Waals surface area (Å²) in [6.07, 6.45) is 4.53. The molecule has 0 aliphatic carbocycles. The molecule has 1 aromatic heterocycles. The molecule has 0 saturated heterocycles. The monoisotopic (exact) mass is 299 g/mol. The maximum absolute atomic E-state index is 12.0. The maximum atomic E-state index is 12.0. The van der Waals surface area contributed by atoms with Gasteiger partial charge in [-0.25, -0.2) is 0 Å². The van der Waals surface area contributed by atoms with Gasteiger partial charge in [-0.05, 0) is 24.4 Å². The van der Waals surface area contributed by atoms with Crippen molar-refractivity contribution in [1.82, 2.24) is 15.4 Å². The molecular formula is C14H17N7O. The van der Waals surface area contributed by atoms with Crippen LogP contribution in [0.2, 0.25) is 0 Å². The van der Waals surface area contributed by atoms with Crippen molar-refractivity contribution < 1.29 is 4.79 Å². The van der Waals surface area contributed by atoms with Crippen LogP contribution in [0.5, 0.6) is 0 Å². The number of H-pyrrole nitrogens is 1. The highest BCUT2D eigenvalue weighted by molar-refractivity contribution is 5.94. The first-order valence-electron chi connectivity index (χ1n) is 7.08. The minimum Gasteiger partial charge on any atom is -0.325 e. The van der Waals surface area contributed by atoms with Gasteiger partial charge in [0.05, 0.1) is 11.9 Å². The number of hydrogen-bond acceptors (Lipinski definition) is 4. The number of hydrogen-bond donors (Lipinski definition) is 2. The second-order valence-corrected chi connectivity index (χ2v) is 4.72. The van der Waals surface area contributed by atoms with Crippen molar-refractivity contribution in [3.8, 4) is 11.3 Å². The second kappa shape index (κ2) is 8.43. The van der Waals surface area contributed by atoms with Crippen LogP contribution in [0.15, 0.2) is 35.6 Å². The number of aromatic amines is 1. The number of nitrogens with zero attached hydrogens (tertiary/aromatic N) is 5. The SMILES string of the molecule is [N-]=[N+]=NCCCCCC(=O)Nc1ccccc1-c1c[nH]nn1. The number of nitrogens with one attached hydrogen (secondary N) is 2. The van der Waals surface area contributed by atoms with Crippen molar-refractivity contribution in [2.75, 3.05) is 11.9 Å². The number of amides is 1. The fourth-order valence-electron chi connectivity index (χ4n) is 2.05. The Bertz CT molecular complexity index is 647. The molecule has 0 atom stereocenters. The summed E-state index contributed by atoms with van der Waals surface area (Å²) >= 11 is 0. The Balaban J connectivity index is 1.86. The summed E-state index contributed by atoms with van der Waals surface area (Å²) in [5, 5.41) is 16.7. The number of rotatable bonds is 8. The third-order valence-electron chi connectivity index (χ3n) is 3.12. The zero-order valence-electron chi connectivity index (χ0n) is 12.1. The average molecular weight is 299 g/mol. The Morgan fingerprint density at radius 3 is 2.95 bits per heavy atom. The lowest BCUT2D eigenvalue weighted by Gasteiger charge is -2.09. The van der Waals surface area contributed by atoms with Crippen LogP contribution >= 0.6 is 0 Å². The summed E-state index contributed by atoms with van der Waals surface area (Å²) in [6.45, 7) is 0.479. The van der Waals surface area contributed by atoms with Crippen LogP contribution in [0.25, 0.3) is 21.7 Å². The van der Waals surface area contributed by atoms with Crippen molar-refractivity contribution in [2.45, 2.75) is 25.7 Å². The lowest BCUT2D eigenvalue weighted by molar-refractivity contribution is -0.116. The summed E-state index contributed by atoms with van der Waals surface area (Å²) in [6, 6.07) is 7.46. The number of unbranched alkanes of at least 4 members (excludes halogenated alkanes) is 2. The van der Waals surface area contributed by atoms with Gasteiger partial charge in [-0.3, -0.25) is 9.89 Å². The Kier molecular flexibility index (Phi) is 5.95. The van der Waals surface area contributed by atoms with Crippen molar-refractivity contribution in [1.29, 1.82) is 0 Å². The molecule has 114 valence electrons. The molecule has 0 unspecified atom stereocenters. The topological polar surface area (TPSA) is 119 Å². The molecule has 0 spiro atoms. The lowest BCUT2D eigenvalue weighted by Crippen LogP contribution is -2.12. The van der Waals surface area contributed by atoms with Crippen molar-refractivity contribution in [3.05, 3.63) is 40.9 Å². The van der Waals surface area contributed by atoms with Crippen molar-refractivity contribution in [2.24, 2.45) is 5.11 Å². The Morgan fingerprint density at radius 2 is 2.18 bits per heavy atom. The summed E-state index contributed by atoms with van der Waals surface area (Å²) in [5.74, 6) is -0.0419. The molecule has 2 aromatic rings. The van der Waals surface area contributed by atoms with E-state index in [-0.39, 0.29) is 5.91 Å². The number of benzene rings is 1. The van der Waals surface area contributed by atoms with Gasteiger partial charge in [0, 0.05) is 23.4 Å². The van der Waals surface area contributed by atoms with Gasteiger partial charge in [-0.15, -0.1) is 5.10 Å². The molecular weight excluding hydrogens is 282 g/mol. The Hall–Kier alpha value is -2.86. The van der Waals surface area contributed by atoms with E-state index in [0.29, 0.717) is 18.7 Å². The molecule has 1 heterocycles. The highest BCUT2D eigenvalue weighted by Crippen LogP contribution is 2.25. The van der Waals surface area contributed by atoms with Gasteiger partial charge >= 0.3 is 0 Å². The summed E-state index contributed by atoms with van der Waals surface area (Å²) in [5.41, 5.74) is 10.4. The molecule has 1 amide bonds. The van der Waals surface area contributed by atoms with Gasteiger partial charge < -0.3 is 5.32 Å². The highest BCUT2D eigenvalue weighted by atomic mass is 16.1. The normalized spacial score (nSPS) is 10.0. The largest absolute Gasteiger partial charge is 0.325 e. The van der Waals surface area contributed by atoms with E-state index in [1.807, 2.05) is 24.3 Å². The van der Waals surface area contributed by atoms with Crippen LogP contribution < -0.4 is 5.32 Å². The van der Waals surface area contributed by atoms with Gasteiger partial charge in [-0.2, -0.15) is 0 Å². The second-order valence-electron chi connectivity index (χ2n) is 4.72. The molecule has 22 heavy (non-hydrogen) atoms.